The number of hydrogen-bond acceptors (Lipinski definition) is 1. The number of hydrogen-bond donors (Lipinski definition) is 1. The molecule has 2 aliphatic rings. The smallest absolute Gasteiger partial charge is 0.0406 e. The van der Waals surface area contributed by atoms with E-state index in [0.29, 0.717) is 5.54 Å². The fraction of sp³-hybridized carbons (Fsp3) is 1.00. The maximum Gasteiger partial charge on any atom is 0.0406 e. The average molecular weight is 188 g/mol. The summed E-state index contributed by atoms with van der Waals surface area (Å²) in [4.78, 5) is 0. The predicted octanol–water partition coefficient (Wildman–Crippen LogP) is 2.54. The minimum absolute atomic E-state index is 0.344. The van der Waals surface area contributed by atoms with Crippen molar-refractivity contribution in [1.29, 1.82) is 0 Å². The Morgan fingerprint density at radius 1 is 1.25 bits per heavy atom. The molecular weight excluding hydrogens is 170 g/mol. The fourth-order valence-corrected chi connectivity index (χ4v) is 2.38. The van der Waals surface area contributed by atoms with Crippen LogP contribution in [0.25, 0.3) is 0 Å². The Kier molecular flexibility index (Phi) is 2.61. The van der Waals surface area contributed by atoms with Gasteiger partial charge in [-0.1, -0.05) is 6.42 Å². The summed E-state index contributed by atoms with van der Waals surface area (Å²) >= 11 is 5.94. The fourth-order valence-electron chi connectivity index (χ4n) is 2.02. The first-order valence-electron chi connectivity index (χ1n) is 5.16. The van der Waals surface area contributed by atoms with Crippen molar-refractivity contribution in [1.82, 2.24) is 5.32 Å². The topological polar surface area (TPSA) is 12.0 Å². The summed E-state index contributed by atoms with van der Waals surface area (Å²) in [7, 11) is 0. The highest BCUT2D eigenvalue weighted by atomic mass is 35.5. The normalized spacial score (nSPS) is 27.8. The molecule has 0 unspecified atom stereocenters. The van der Waals surface area contributed by atoms with Gasteiger partial charge in [0, 0.05) is 11.4 Å². The minimum Gasteiger partial charge on any atom is -0.310 e. The van der Waals surface area contributed by atoms with E-state index in [-0.39, 0.29) is 0 Å². The Morgan fingerprint density at radius 2 is 2.00 bits per heavy atom. The molecule has 0 aromatic rings. The van der Waals surface area contributed by atoms with E-state index in [1.54, 1.807) is 0 Å². The molecule has 0 amide bonds. The van der Waals surface area contributed by atoms with Gasteiger partial charge in [-0.05, 0) is 44.6 Å². The van der Waals surface area contributed by atoms with Crippen molar-refractivity contribution in [3.8, 4) is 0 Å². The Labute approximate surface area is 79.9 Å². The third-order valence-corrected chi connectivity index (χ3v) is 4.07. The molecule has 0 spiro atoms. The van der Waals surface area contributed by atoms with Gasteiger partial charge in [-0.15, -0.1) is 11.6 Å². The molecule has 2 rings (SSSR count). The predicted molar refractivity (Wildman–Crippen MR) is 52.6 cm³/mol. The molecule has 0 aliphatic heterocycles. The van der Waals surface area contributed by atoms with Gasteiger partial charge in [0.05, 0.1) is 0 Å². The molecule has 0 heterocycles. The van der Waals surface area contributed by atoms with E-state index < -0.39 is 0 Å². The van der Waals surface area contributed by atoms with Gasteiger partial charge in [-0.25, -0.2) is 0 Å². The van der Waals surface area contributed by atoms with E-state index in [0.717, 1.165) is 11.8 Å². The standard InChI is InChI=1S/C10H18ClN/c11-8-10(5-2-6-10)12-7-9-3-1-4-9/h9,12H,1-8H2. The zero-order chi connectivity index (χ0) is 8.44. The molecule has 0 atom stereocenters. The molecule has 2 aliphatic carbocycles. The molecule has 0 bridgehead atoms. The largest absolute Gasteiger partial charge is 0.310 e. The summed E-state index contributed by atoms with van der Waals surface area (Å²) < 4.78 is 0. The molecule has 1 N–H and O–H groups in total. The number of rotatable bonds is 4. The molecule has 70 valence electrons. The van der Waals surface area contributed by atoms with Crippen LogP contribution in [-0.4, -0.2) is 18.0 Å². The first-order valence-corrected chi connectivity index (χ1v) is 5.69. The van der Waals surface area contributed by atoms with Gasteiger partial charge in [0.15, 0.2) is 0 Å². The van der Waals surface area contributed by atoms with Crippen LogP contribution >= 0.6 is 11.6 Å². The second kappa shape index (κ2) is 3.55. The van der Waals surface area contributed by atoms with E-state index in [9.17, 15) is 0 Å². The van der Waals surface area contributed by atoms with Gasteiger partial charge < -0.3 is 5.32 Å². The third kappa shape index (κ3) is 1.62. The lowest BCUT2D eigenvalue weighted by atomic mass is 9.77. The molecule has 2 fully saturated rings. The lowest BCUT2D eigenvalue weighted by Crippen LogP contribution is -2.54. The van der Waals surface area contributed by atoms with Crippen LogP contribution in [0.15, 0.2) is 0 Å². The summed E-state index contributed by atoms with van der Waals surface area (Å²) in [6.45, 7) is 1.22. The van der Waals surface area contributed by atoms with Crippen molar-refractivity contribution in [2.75, 3.05) is 12.4 Å². The molecular formula is C10H18ClN. The van der Waals surface area contributed by atoms with Gasteiger partial charge in [0.2, 0.25) is 0 Å². The van der Waals surface area contributed by atoms with Gasteiger partial charge in [0.25, 0.3) is 0 Å². The summed E-state index contributed by atoms with van der Waals surface area (Å²) in [6, 6.07) is 0. The van der Waals surface area contributed by atoms with E-state index >= 15 is 0 Å². The van der Waals surface area contributed by atoms with Crippen LogP contribution in [0, 0.1) is 5.92 Å². The van der Waals surface area contributed by atoms with Crippen LogP contribution < -0.4 is 5.32 Å². The van der Waals surface area contributed by atoms with Crippen molar-refractivity contribution in [3.05, 3.63) is 0 Å². The zero-order valence-electron chi connectivity index (χ0n) is 7.61. The second-order valence-electron chi connectivity index (χ2n) is 4.45. The molecule has 2 heteroatoms. The van der Waals surface area contributed by atoms with Crippen LogP contribution in [0.1, 0.15) is 38.5 Å². The molecule has 0 aromatic carbocycles. The molecule has 0 saturated heterocycles. The molecule has 0 aromatic heterocycles. The van der Waals surface area contributed by atoms with E-state index in [1.165, 1.54) is 45.1 Å². The van der Waals surface area contributed by atoms with Crippen LogP contribution in [0.2, 0.25) is 0 Å². The highest BCUT2D eigenvalue weighted by Gasteiger charge is 2.36. The SMILES string of the molecule is ClCC1(NCC2CCC2)CCC1. The van der Waals surface area contributed by atoms with Crippen LogP contribution in [-0.2, 0) is 0 Å². The van der Waals surface area contributed by atoms with Crippen molar-refractivity contribution < 1.29 is 0 Å². The average Bonchev–Trinajstić information content (AvgIpc) is 1.91. The summed E-state index contributed by atoms with van der Waals surface area (Å²) in [5.41, 5.74) is 0.344. The van der Waals surface area contributed by atoms with Crippen LogP contribution in [0.4, 0.5) is 0 Å². The Morgan fingerprint density at radius 3 is 2.33 bits per heavy atom. The van der Waals surface area contributed by atoms with E-state index in [2.05, 4.69) is 5.32 Å². The van der Waals surface area contributed by atoms with Gasteiger partial charge in [0.1, 0.15) is 0 Å². The first-order chi connectivity index (χ1) is 5.85. The van der Waals surface area contributed by atoms with E-state index in [1.807, 2.05) is 0 Å². The molecule has 12 heavy (non-hydrogen) atoms. The highest BCUT2D eigenvalue weighted by molar-refractivity contribution is 6.18. The van der Waals surface area contributed by atoms with Gasteiger partial charge >= 0.3 is 0 Å². The Hall–Kier alpha value is 0.250. The number of alkyl halides is 1. The Bertz CT molecular complexity index is 144. The monoisotopic (exact) mass is 187 g/mol. The van der Waals surface area contributed by atoms with Crippen molar-refractivity contribution in [3.63, 3.8) is 0 Å². The highest BCUT2D eigenvalue weighted by Crippen LogP contribution is 2.34. The summed E-state index contributed by atoms with van der Waals surface area (Å²) in [5, 5.41) is 3.65. The van der Waals surface area contributed by atoms with E-state index in [4.69, 9.17) is 11.6 Å². The maximum absolute atomic E-state index is 5.94. The van der Waals surface area contributed by atoms with Gasteiger partial charge in [-0.2, -0.15) is 0 Å². The van der Waals surface area contributed by atoms with Crippen LogP contribution in [0.3, 0.4) is 0 Å². The summed E-state index contributed by atoms with van der Waals surface area (Å²) in [6.07, 6.45) is 8.27. The zero-order valence-corrected chi connectivity index (χ0v) is 8.37. The van der Waals surface area contributed by atoms with Gasteiger partial charge in [-0.3, -0.25) is 0 Å². The Balaban J connectivity index is 1.69. The van der Waals surface area contributed by atoms with Crippen molar-refractivity contribution in [2.24, 2.45) is 5.92 Å². The number of halogens is 1. The number of nitrogens with one attached hydrogen (secondary N) is 1. The third-order valence-electron chi connectivity index (χ3n) is 3.56. The summed E-state index contributed by atoms with van der Waals surface area (Å²) in [5.74, 6) is 1.77. The lowest BCUT2D eigenvalue weighted by Gasteiger charge is -2.43. The second-order valence-corrected chi connectivity index (χ2v) is 4.71. The lowest BCUT2D eigenvalue weighted by molar-refractivity contribution is 0.181. The molecule has 1 nitrogen and oxygen atoms in total. The first kappa shape index (κ1) is 8.83. The minimum atomic E-state index is 0.344. The van der Waals surface area contributed by atoms with Crippen molar-refractivity contribution >= 4 is 11.6 Å². The molecule has 2 saturated carbocycles. The van der Waals surface area contributed by atoms with Crippen LogP contribution in [0.5, 0.6) is 0 Å². The molecule has 0 radical (unpaired) electrons. The van der Waals surface area contributed by atoms with Crippen molar-refractivity contribution in [2.45, 2.75) is 44.1 Å². The maximum atomic E-state index is 5.94. The quantitative estimate of drug-likeness (QED) is 0.668.